The predicted octanol–water partition coefficient (Wildman–Crippen LogP) is 3.95. The second-order valence-corrected chi connectivity index (χ2v) is 6.59. The van der Waals surface area contributed by atoms with E-state index in [1.165, 1.54) is 24.3 Å². The van der Waals surface area contributed by atoms with Crippen molar-refractivity contribution in [1.29, 1.82) is 0 Å². The molecule has 0 saturated heterocycles. The van der Waals surface area contributed by atoms with Gasteiger partial charge in [-0.25, -0.2) is 22.2 Å². The van der Waals surface area contributed by atoms with Crippen LogP contribution in [0.4, 0.5) is 22.0 Å². The number of hydrogen-bond acceptors (Lipinski definition) is 3. The number of alkyl halides is 3. The monoisotopic (exact) mass is 402 g/mol. The molecule has 142 valence electrons. The van der Waals surface area contributed by atoms with Crippen molar-refractivity contribution in [1.82, 2.24) is 9.55 Å². The van der Waals surface area contributed by atoms with Gasteiger partial charge in [-0.1, -0.05) is 12.1 Å². The van der Waals surface area contributed by atoms with Crippen LogP contribution in [0.2, 0.25) is 0 Å². The summed E-state index contributed by atoms with van der Waals surface area (Å²) in [5.74, 6) is -2.79. The molecule has 27 heavy (non-hydrogen) atoms. The van der Waals surface area contributed by atoms with Gasteiger partial charge in [-0.05, 0) is 35.9 Å². The van der Waals surface area contributed by atoms with E-state index in [4.69, 9.17) is 0 Å². The summed E-state index contributed by atoms with van der Waals surface area (Å²) >= 11 is 0. The van der Waals surface area contributed by atoms with Crippen LogP contribution >= 0.6 is 0 Å². The summed E-state index contributed by atoms with van der Waals surface area (Å²) in [6.45, 7) is 0. The topological polar surface area (TPSA) is 52.0 Å². The van der Waals surface area contributed by atoms with Gasteiger partial charge >= 0.3 is 6.18 Å². The van der Waals surface area contributed by atoms with Crippen LogP contribution in [-0.4, -0.2) is 18.0 Å². The van der Waals surface area contributed by atoms with Crippen molar-refractivity contribution < 1.29 is 30.4 Å². The predicted molar refractivity (Wildman–Crippen MR) is 87.9 cm³/mol. The van der Waals surface area contributed by atoms with Crippen LogP contribution in [0.1, 0.15) is 11.3 Å². The fraction of sp³-hybridized carbons (Fsp3) is 0.118. The largest absolute Gasteiger partial charge is 0.434 e. The van der Waals surface area contributed by atoms with E-state index in [0.717, 1.165) is 29.0 Å². The highest BCUT2D eigenvalue weighted by atomic mass is 32.2. The summed E-state index contributed by atoms with van der Waals surface area (Å²) in [7, 11) is -2.65. The number of rotatable bonds is 4. The normalized spacial score (nSPS) is 11.9. The minimum absolute atomic E-state index is 0.0453. The Labute approximate surface area is 151 Å². The van der Waals surface area contributed by atoms with E-state index in [9.17, 15) is 30.4 Å². The number of aromatic nitrogens is 2. The molecule has 3 rings (SSSR count). The second-order valence-electron chi connectivity index (χ2n) is 5.60. The number of benzene rings is 2. The molecule has 0 aliphatic rings. The van der Waals surface area contributed by atoms with Crippen LogP contribution in [0.5, 0.6) is 0 Å². The first-order valence-electron chi connectivity index (χ1n) is 7.48. The van der Waals surface area contributed by atoms with Crippen LogP contribution in [0.25, 0.3) is 17.1 Å². The van der Waals surface area contributed by atoms with Gasteiger partial charge in [-0.2, -0.15) is 13.2 Å². The van der Waals surface area contributed by atoms with E-state index >= 15 is 0 Å². The van der Waals surface area contributed by atoms with Crippen molar-refractivity contribution >= 4 is 10.7 Å². The van der Waals surface area contributed by atoms with Crippen LogP contribution in [0, 0.1) is 11.6 Å². The van der Waals surface area contributed by atoms with Crippen LogP contribution in [0.3, 0.4) is 0 Å². The fourth-order valence-electron chi connectivity index (χ4n) is 2.46. The molecule has 0 aliphatic carbocycles. The highest BCUT2D eigenvalue weighted by Crippen LogP contribution is 2.33. The Balaban J connectivity index is 2.13. The molecule has 0 bridgehead atoms. The lowest BCUT2D eigenvalue weighted by molar-refractivity contribution is -0.140. The molecule has 2 aromatic carbocycles. The Morgan fingerprint density at radius 3 is 2.19 bits per heavy atom. The second kappa shape index (κ2) is 7.10. The van der Waals surface area contributed by atoms with Crippen LogP contribution in [0.15, 0.2) is 48.7 Å². The number of thiol groups is 1. The van der Waals surface area contributed by atoms with E-state index in [1.54, 1.807) is 0 Å². The van der Waals surface area contributed by atoms with Gasteiger partial charge in [0, 0.05) is 17.4 Å². The Kier molecular flexibility index (Phi) is 5.01. The molecule has 10 heteroatoms. The Hall–Kier alpha value is -2.75. The lowest BCUT2D eigenvalue weighted by Crippen LogP contribution is -2.05. The Morgan fingerprint density at radius 1 is 0.963 bits per heavy atom. The Morgan fingerprint density at radius 2 is 1.63 bits per heavy atom. The van der Waals surface area contributed by atoms with E-state index in [2.05, 4.69) is 4.98 Å². The molecule has 0 amide bonds. The van der Waals surface area contributed by atoms with E-state index in [0.29, 0.717) is 5.56 Å². The summed E-state index contributed by atoms with van der Waals surface area (Å²) in [6, 6.07) is 8.40. The number of nitrogens with zero attached hydrogens (tertiary/aromatic N) is 2. The summed E-state index contributed by atoms with van der Waals surface area (Å²) in [6.07, 6.45) is -4.00. The third-order valence-corrected chi connectivity index (χ3v) is 4.32. The van der Waals surface area contributed by atoms with Gasteiger partial charge in [0.05, 0.1) is 5.75 Å². The number of hydrogen-bond donors (Lipinski definition) is 1. The molecule has 4 nitrogen and oxygen atoms in total. The smallest absolute Gasteiger partial charge is 0.299 e. The van der Waals surface area contributed by atoms with E-state index in [-0.39, 0.29) is 22.8 Å². The molecule has 1 aromatic heterocycles. The zero-order valence-electron chi connectivity index (χ0n) is 13.4. The van der Waals surface area contributed by atoms with E-state index < -0.39 is 34.2 Å². The fourth-order valence-corrected chi connectivity index (χ4v) is 2.97. The lowest BCUT2D eigenvalue weighted by atomic mass is 10.2. The molecular weight excluding hydrogens is 391 g/mol. The molecular formula is C17H11F5N2O2S. The molecule has 0 fully saturated rings. The quantitative estimate of drug-likeness (QED) is 0.531. The number of halogens is 5. The number of imidazole rings is 1. The molecule has 0 saturated carbocycles. The molecule has 1 heterocycles. The summed E-state index contributed by atoms with van der Waals surface area (Å²) < 4.78 is 88.5. The Bertz CT molecular complexity index is 1050. The lowest BCUT2D eigenvalue weighted by Gasteiger charge is -2.09. The van der Waals surface area contributed by atoms with Crippen LogP contribution in [-0.2, 0) is 22.6 Å². The standard InChI is InChI=1S/C17H11F5N2O2S/c18-13-6-3-11(7-14(13)19)16-23-15(17(20,21)22)8-24(16)12-4-1-10(2-5-12)9-27(25)26/h1-8,27H,9H2. The molecule has 3 aromatic rings. The van der Waals surface area contributed by atoms with Crippen molar-refractivity contribution in [3.8, 4) is 17.1 Å². The van der Waals surface area contributed by atoms with Gasteiger partial charge in [-0.15, -0.1) is 0 Å². The first kappa shape index (κ1) is 19.0. The minimum Gasteiger partial charge on any atom is -0.299 e. The summed E-state index contributed by atoms with van der Waals surface area (Å²) in [5.41, 5.74) is -0.534. The van der Waals surface area contributed by atoms with Crippen molar-refractivity contribution in [2.24, 2.45) is 0 Å². The molecule has 0 N–H and O–H groups in total. The van der Waals surface area contributed by atoms with Gasteiger partial charge in [-0.3, -0.25) is 4.57 Å². The average molecular weight is 402 g/mol. The maximum absolute atomic E-state index is 13.5. The summed E-state index contributed by atoms with van der Waals surface area (Å²) in [4.78, 5) is 3.52. The van der Waals surface area contributed by atoms with Crippen LogP contribution < -0.4 is 0 Å². The zero-order valence-corrected chi connectivity index (χ0v) is 14.3. The van der Waals surface area contributed by atoms with Gasteiger partial charge in [0.25, 0.3) is 0 Å². The first-order valence-corrected chi connectivity index (χ1v) is 8.84. The summed E-state index contributed by atoms with van der Waals surface area (Å²) in [5, 5.41) is 0. The van der Waals surface area contributed by atoms with Crippen molar-refractivity contribution in [2.45, 2.75) is 11.9 Å². The van der Waals surface area contributed by atoms with Crippen molar-refractivity contribution in [3.05, 3.63) is 71.6 Å². The third kappa shape index (κ3) is 4.16. The molecule has 0 aliphatic heterocycles. The maximum atomic E-state index is 13.5. The van der Waals surface area contributed by atoms with Gasteiger partial charge in [0.2, 0.25) is 0 Å². The third-order valence-electron chi connectivity index (χ3n) is 3.70. The molecule has 0 atom stereocenters. The van der Waals surface area contributed by atoms with Gasteiger partial charge in [0.1, 0.15) is 16.5 Å². The maximum Gasteiger partial charge on any atom is 0.434 e. The SMILES string of the molecule is O=[SH](=O)Cc1ccc(-n2cc(C(F)(F)F)nc2-c2ccc(F)c(F)c2)cc1. The highest BCUT2D eigenvalue weighted by Gasteiger charge is 2.35. The first-order chi connectivity index (χ1) is 12.6. The minimum atomic E-state index is -4.74. The van der Waals surface area contributed by atoms with Gasteiger partial charge < -0.3 is 0 Å². The zero-order chi connectivity index (χ0) is 19.8. The van der Waals surface area contributed by atoms with E-state index in [1.807, 2.05) is 0 Å². The average Bonchev–Trinajstić information content (AvgIpc) is 3.03. The van der Waals surface area contributed by atoms with Crippen molar-refractivity contribution in [3.63, 3.8) is 0 Å². The molecule has 0 spiro atoms. The molecule has 0 unspecified atom stereocenters. The molecule has 0 radical (unpaired) electrons. The van der Waals surface area contributed by atoms with Crippen molar-refractivity contribution in [2.75, 3.05) is 0 Å². The van der Waals surface area contributed by atoms with Gasteiger partial charge in [0.15, 0.2) is 17.3 Å². The highest BCUT2D eigenvalue weighted by molar-refractivity contribution is 7.71.